The Hall–Kier alpha value is -3.86. The van der Waals surface area contributed by atoms with Crippen molar-refractivity contribution < 1.29 is 27.4 Å². The number of hydrogen-bond donors (Lipinski definition) is 0. The predicted octanol–water partition coefficient (Wildman–Crippen LogP) is 4.59. The highest BCUT2D eigenvalue weighted by atomic mass is 35.5. The molecular formula is C33H35ClF3N7O3. The fourth-order valence-corrected chi connectivity index (χ4v) is 7.41. The topological polar surface area (TPSA) is 81.9 Å². The molecule has 2 aromatic carbocycles. The van der Waals surface area contributed by atoms with E-state index in [1.807, 2.05) is 35.2 Å². The summed E-state index contributed by atoms with van der Waals surface area (Å²) in [5.74, 6) is -0.0438. The van der Waals surface area contributed by atoms with Gasteiger partial charge in [-0.15, -0.1) is 0 Å². The number of carbonyl (C=O) groups excluding carboxylic acids is 1. The maximum absolute atomic E-state index is 13.2. The van der Waals surface area contributed by atoms with E-state index in [9.17, 15) is 18.0 Å². The smallest absolute Gasteiger partial charge is 0.417 e. The van der Waals surface area contributed by atoms with Gasteiger partial charge in [0.25, 0.3) is 5.91 Å². The van der Waals surface area contributed by atoms with E-state index in [1.165, 1.54) is 4.90 Å². The minimum Gasteiger partial charge on any atom is -0.462 e. The van der Waals surface area contributed by atoms with Crippen LogP contribution >= 0.6 is 11.6 Å². The van der Waals surface area contributed by atoms with E-state index in [0.717, 1.165) is 47.1 Å². The highest BCUT2D eigenvalue weighted by molar-refractivity contribution is 6.36. The van der Waals surface area contributed by atoms with E-state index >= 15 is 0 Å². The maximum Gasteiger partial charge on any atom is 0.417 e. The van der Waals surface area contributed by atoms with Crippen molar-refractivity contribution in [3.8, 4) is 6.01 Å². The van der Waals surface area contributed by atoms with Crippen LogP contribution in [0.1, 0.15) is 24.1 Å². The van der Waals surface area contributed by atoms with Crippen LogP contribution < -0.4 is 14.5 Å². The number of carbonyl (C=O) groups is 1. The monoisotopic (exact) mass is 669 g/mol. The minimum absolute atomic E-state index is 0.0497. The van der Waals surface area contributed by atoms with Gasteiger partial charge in [0, 0.05) is 48.9 Å². The zero-order chi connectivity index (χ0) is 32.9. The zero-order valence-electron chi connectivity index (χ0n) is 25.9. The number of halogens is 4. The van der Waals surface area contributed by atoms with Gasteiger partial charge in [0.1, 0.15) is 18.5 Å². The number of likely N-dealkylation sites (N-methyl/N-ethyl adjacent to an activating group) is 1. The first-order valence-electron chi connectivity index (χ1n) is 15.9. The van der Waals surface area contributed by atoms with Gasteiger partial charge >= 0.3 is 12.2 Å². The van der Waals surface area contributed by atoms with E-state index < -0.39 is 30.3 Å². The molecule has 4 aliphatic heterocycles. The fourth-order valence-electron chi connectivity index (χ4n) is 7.13. The van der Waals surface area contributed by atoms with Crippen molar-refractivity contribution in [3.63, 3.8) is 0 Å². The van der Waals surface area contributed by atoms with Gasteiger partial charge in [0.15, 0.2) is 12.2 Å². The van der Waals surface area contributed by atoms with Crippen LogP contribution in [-0.2, 0) is 22.5 Å². The number of benzene rings is 2. The number of epoxide rings is 1. The molecule has 0 aliphatic carbocycles. The molecule has 248 valence electrons. The summed E-state index contributed by atoms with van der Waals surface area (Å²) in [6, 6.07) is 11.9. The lowest BCUT2D eigenvalue weighted by Crippen LogP contribution is -2.58. The summed E-state index contributed by atoms with van der Waals surface area (Å²) in [7, 11) is 2.08. The Bertz CT molecular complexity index is 1710. The summed E-state index contributed by atoms with van der Waals surface area (Å²) in [5, 5.41) is 2.70. The first-order chi connectivity index (χ1) is 22.6. The highest BCUT2D eigenvalue weighted by Gasteiger charge is 2.63. The van der Waals surface area contributed by atoms with Crippen molar-refractivity contribution in [2.45, 2.75) is 56.3 Å². The molecule has 0 radical (unpaired) electrons. The largest absolute Gasteiger partial charge is 0.462 e. The van der Waals surface area contributed by atoms with Crippen LogP contribution in [0.25, 0.3) is 15.6 Å². The second-order valence-electron chi connectivity index (χ2n) is 12.6. The third-order valence-electron chi connectivity index (χ3n) is 9.70. The molecule has 0 N–H and O–H groups in total. The van der Waals surface area contributed by atoms with Gasteiger partial charge in [-0.2, -0.15) is 23.1 Å². The second kappa shape index (κ2) is 12.6. The number of piperazine rings is 1. The van der Waals surface area contributed by atoms with Crippen LogP contribution in [0.5, 0.6) is 6.01 Å². The van der Waals surface area contributed by atoms with Crippen molar-refractivity contribution in [1.29, 1.82) is 0 Å². The molecule has 3 aromatic rings. The Morgan fingerprint density at radius 2 is 1.91 bits per heavy atom. The lowest BCUT2D eigenvalue weighted by molar-refractivity contribution is -0.148. The van der Waals surface area contributed by atoms with Gasteiger partial charge in [0.05, 0.1) is 17.3 Å². The Kier molecular flexibility index (Phi) is 8.53. The van der Waals surface area contributed by atoms with Gasteiger partial charge < -0.3 is 33.9 Å². The van der Waals surface area contributed by atoms with Crippen LogP contribution in [0, 0.1) is 6.57 Å². The zero-order valence-corrected chi connectivity index (χ0v) is 26.7. The summed E-state index contributed by atoms with van der Waals surface area (Å²) in [6.45, 7) is 10.8. The fraction of sp³-hybridized carbons (Fsp3) is 0.515. The SMILES string of the molecule is [C-]#[N+]C[C@H]1CN(c2nc(OC[C@@H]3CCCN3C)nc3c2CCN(c2cccc4cccc(Cl)c24)C3)CCN1C(=O)[C@@H]1O[C@H]1C(F)(F)F. The first-order valence-corrected chi connectivity index (χ1v) is 16.3. The van der Waals surface area contributed by atoms with E-state index in [2.05, 4.69) is 27.8 Å². The van der Waals surface area contributed by atoms with Gasteiger partial charge in [-0.05, 0) is 50.4 Å². The van der Waals surface area contributed by atoms with Crippen molar-refractivity contribution in [1.82, 2.24) is 19.8 Å². The van der Waals surface area contributed by atoms with E-state index in [1.54, 1.807) is 0 Å². The molecule has 0 bridgehead atoms. The molecule has 0 spiro atoms. The number of likely N-dealkylation sites (tertiary alicyclic amines) is 1. The molecule has 14 heteroatoms. The quantitative estimate of drug-likeness (QED) is 0.267. The van der Waals surface area contributed by atoms with Crippen molar-refractivity contribution in [3.05, 3.63) is 64.1 Å². The number of nitrogens with zero attached hydrogens (tertiary/aromatic N) is 7. The molecule has 5 heterocycles. The van der Waals surface area contributed by atoms with Gasteiger partial charge in [-0.25, -0.2) is 6.57 Å². The van der Waals surface area contributed by atoms with E-state index in [4.69, 9.17) is 37.6 Å². The molecule has 3 fully saturated rings. The summed E-state index contributed by atoms with van der Waals surface area (Å²) in [6.07, 6.45) is -5.49. The standard InChI is InChI=1S/C33H35ClF3N7O3/c1-38-16-22-17-43(14-15-44(22)31(45)28-29(47-28)33(35,36)37)30-23-11-13-42(26-10-4-7-20-6-3-9-24(34)27(20)26)18-25(23)39-32(40-30)46-19-21-8-5-12-41(21)2/h3-4,6-7,9-10,21-22,28-29H,5,8,11-19H2,2H3/t21-,22-,28+,29+/m0/s1. The number of aromatic nitrogens is 2. The van der Waals surface area contributed by atoms with Crippen molar-refractivity contribution >= 4 is 39.8 Å². The lowest BCUT2D eigenvalue weighted by Gasteiger charge is -2.41. The number of rotatable bonds is 7. The summed E-state index contributed by atoms with van der Waals surface area (Å²) in [4.78, 5) is 34.3. The lowest BCUT2D eigenvalue weighted by atomic mass is 10.0. The summed E-state index contributed by atoms with van der Waals surface area (Å²) < 4.78 is 50.5. The molecule has 47 heavy (non-hydrogen) atoms. The number of hydrogen-bond acceptors (Lipinski definition) is 8. The van der Waals surface area contributed by atoms with Crippen LogP contribution in [-0.4, -0.2) is 109 Å². The normalized spacial score (nSPS) is 24.7. The predicted molar refractivity (Wildman–Crippen MR) is 171 cm³/mol. The number of amides is 1. The Labute approximate surface area is 275 Å². The van der Waals surface area contributed by atoms with Crippen molar-refractivity contribution in [2.24, 2.45) is 0 Å². The molecule has 1 aromatic heterocycles. The number of ether oxygens (including phenoxy) is 2. The van der Waals surface area contributed by atoms with Crippen LogP contribution in [0.4, 0.5) is 24.7 Å². The average Bonchev–Trinajstić information content (AvgIpc) is 3.78. The summed E-state index contributed by atoms with van der Waals surface area (Å²) >= 11 is 6.68. The molecule has 1 amide bonds. The Morgan fingerprint density at radius 1 is 1.11 bits per heavy atom. The van der Waals surface area contributed by atoms with Crippen LogP contribution in [0.2, 0.25) is 5.02 Å². The minimum atomic E-state index is -4.60. The van der Waals surface area contributed by atoms with Crippen molar-refractivity contribution in [2.75, 3.05) is 62.7 Å². The van der Waals surface area contributed by atoms with E-state index in [0.29, 0.717) is 43.5 Å². The molecule has 0 saturated carbocycles. The van der Waals surface area contributed by atoms with E-state index in [-0.39, 0.29) is 31.7 Å². The summed E-state index contributed by atoms with van der Waals surface area (Å²) in [5.41, 5.74) is 2.79. The first kappa shape index (κ1) is 31.7. The molecule has 10 nitrogen and oxygen atoms in total. The molecule has 4 atom stereocenters. The van der Waals surface area contributed by atoms with Gasteiger partial charge in [0.2, 0.25) is 6.54 Å². The maximum atomic E-state index is 13.2. The second-order valence-corrected chi connectivity index (χ2v) is 13.0. The highest BCUT2D eigenvalue weighted by Crippen LogP contribution is 2.40. The molecule has 4 aliphatic rings. The molecule has 0 unspecified atom stereocenters. The number of fused-ring (bicyclic) bond motifs is 2. The average molecular weight is 670 g/mol. The van der Waals surface area contributed by atoms with Gasteiger partial charge in [-0.3, -0.25) is 4.79 Å². The molecule has 7 rings (SSSR count). The Balaban J connectivity index is 1.18. The molecular weight excluding hydrogens is 635 g/mol. The Morgan fingerprint density at radius 3 is 2.64 bits per heavy atom. The third kappa shape index (κ3) is 6.26. The van der Waals surface area contributed by atoms with Gasteiger partial charge in [-0.1, -0.05) is 35.9 Å². The molecule has 3 saturated heterocycles. The number of alkyl halides is 3. The number of anilines is 2. The third-order valence-corrected chi connectivity index (χ3v) is 10.0. The van der Waals surface area contributed by atoms with Crippen LogP contribution in [0.3, 0.4) is 0 Å². The van der Waals surface area contributed by atoms with Crippen LogP contribution in [0.15, 0.2) is 36.4 Å².